The zero-order valence-electron chi connectivity index (χ0n) is 31.2. The topological polar surface area (TPSA) is 9.23 Å². The standard InChI is InChI=1S/C26H21F7O.C19H25F3/c27-20-11-18(17-9-7-16(8-10-17)15-5-3-1-2-4-6-15)12-21(28)24(20)26(32,33)34-19-13-22(29)25(31)23(30)14-19;1-12-2-4-13(5-3-12)14-6-8-15(9-7-14)16-10-17(20)19(22)18(21)11-16/h7-15H,1-6H2;10-15H,2-9H2,1H3. The van der Waals surface area contributed by atoms with Crippen LogP contribution in [0, 0.1) is 64.3 Å². The van der Waals surface area contributed by atoms with Crippen LogP contribution in [-0.2, 0) is 6.11 Å². The molecule has 3 aliphatic rings. The molecule has 0 radical (unpaired) electrons. The van der Waals surface area contributed by atoms with E-state index >= 15 is 0 Å². The minimum Gasteiger partial charge on any atom is -0.429 e. The first-order chi connectivity index (χ1) is 26.7. The van der Waals surface area contributed by atoms with E-state index in [1.165, 1.54) is 50.7 Å². The smallest absolute Gasteiger partial charge is 0.429 e. The zero-order chi connectivity index (χ0) is 40.1. The first-order valence-corrected chi connectivity index (χ1v) is 19.7. The van der Waals surface area contributed by atoms with Gasteiger partial charge in [0.1, 0.15) is 22.9 Å². The van der Waals surface area contributed by atoms with Gasteiger partial charge in [-0.2, -0.15) is 8.78 Å². The maximum Gasteiger partial charge on any atom is 0.432 e. The molecule has 11 heteroatoms. The van der Waals surface area contributed by atoms with E-state index in [9.17, 15) is 43.9 Å². The van der Waals surface area contributed by atoms with Crippen molar-refractivity contribution in [2.24, 2.45) is 17.8 Å². The molecule has 0 aliphatic heterocycles. The van der Waals surface area contributed by atoms with Gasteiger partial charge in [-0.25, -0.2) is 35.1 Å². The highest BCUT2D eigenvalue weighted by Gasteiger charge is 2.41. The Morgan fingerprint density at radius 1 is 0.464 bits per heavy atom. The summed E-state index contributed by atoms with van der Waals surface area (Å²) >= 11 is 0. The Labute approximate surface area is 321 Å². The molecule has 0 unspecified atom stereocenters. The highest BCUT2D eigenvalue weighted by molar-refractivity contribution is 5.64. The molecule has 0 N–H and O–H groups in total. The number of alkyl halides is 2. The summed E-state index contributed by atoms with van der Waals surface area (Å²) in [4.78, 5) is 0. The normalized spacial score (nSPS) is 22.2. The molecule has 0 heterocycles. The summed E-state index contributed by atoms with van der Waals surface area (Å²) in [6, 6.07) is 11.3. The molecule has 302 valence electrons. The van der Waals surface area contributed by atoms with Gasteiger partial charge >= 0.3 is 6.11 Å². The van der Waals surface area contributed by atoms with E-state index in [1.54, 1.807) is 12.1 Å². The number of hydrogen-bond acceptors (Lipinski definition) is 1. The summed E-state index contributed by atoms with van der Waals surface area (Å²) in [5, 5.41) is 0. The lowest BCUT2D eigenvalue weighted by atomic mass is 9.68. The molecule has 7 rings (SSSR count). The highest BCUT2D eigenvalue weighted by atomic mass is 19.3. The fourth-order valence-electron chi connectivity index (χ4n) is 8.86. The first kappa shape index (κ1) is 41.6. The summed E-state index contributed by atoms with van der Waals surface area (Å²) in [7, 11) is 0. The number of ether oxygens (including phenoxy) is 1. The lowest BCUT2D eigenvalue weighted by Crippen LogP contribution is -2.25. The fourth-order valence-corrected chi connectivity index (χ4v) is 8.86. The quantitative estimate of drug-likeness (QED) is 0.103. The molecule has 3 fully saturated rings. The van der Waals surface area contributed by atoms with Crippen LogP contribution in [0.1, 0.15) is 125 Å². The van der Waals surface area contributed by atoms with Crippen LogP contribution in [0.15, 0.2) is 60.7 Å². The average Bonchev–Trinajstić information content (AvgIpc) is 3.46. The van der Waals surface area contributed by atoms with Crippen molar-refractivity contribution in [1.29, 1.82) is 0 Å². The molecular weight excluding hydrogens is 746 g/mol. The van der Waals surface area contributed by atoms with Gasteiger partial charge in [0.05, 0.1) is 0 Å². The number of halogens is 10. The largest absolute Gasteiger partial charge is 0.432 e. The van der Waals surface area contributed by atoms with Crippen LogP contribution >= 0.6 is 0 Å². The van der Waals surface area contributed by atoms with Gasteiger partial charge in [0, 0.05) is 12.1 Å². The summed E-state index contributed by atoms with van der Waals surface area (Å²) < 4.78 is 142. The van der Waals surface area contributed by atoms with E-state index in [1.807, 2.05) is 12.1 Å². The molecule has 0 aromatic heterocycles. The Bertz CT molecular complexity index is 1870. The van der Waals surface area contributed by atoms with Crippen molar-refractivity contribution >= 4 is 0 Å². The molecule has 0 bridgehead atoms. The van der Waals surface area contributed by atoms with Crippen molar-refractivity contribution in [3.05, 3.63) is 124 Å². The lowest BCUT2D eigenvalue weighted by Gasteiger charge is -2.37. The number of benzene rings is 4. The van der Waals surface area contributed by atoms with Crippen molar-refractivity contribution in [3.8, 4) is 16.9 Å². The van der Waals surface area contributed by atoms with E-state index in [0.717, 1.165) is 86.8 Å². The molecular formula is C45H46F10O. The molecule has 1 nitrogen and oxygen atoms in total. The third-order valence-corrected chi connectivity index (χ3v) is 12.1. The van der Waals surface area contributed by atoms with Gasteiger partial charge in [0.15, 0.2) is 34.9 Å². The van der Waals surface area contributed by atoms with Gasteiger partial charge in [-0.3, -0.25) is 0 Å². The Hall–Kier alpha value is -4.02. The van der Waals surface area contributed by atoms with Crippen LogP contribution in [0.4, 0.5) is 43.9 Å². The second-order valence-electron chi connectivity index (χ2n) is 15.9. The van der Waals surface area contributed by atoms with E-state index in [-0.39, 0.29) is 23.6 Å². The van der Waals surface area contributed by atoms with Crippen molar-refractivity contribution < 1.29 is 48.6 Å². The monoisotopic (exact) mass is 792 g/mol. The minimum absolute atomic E-state index is 0.0424. The Morgan fingerprint density at radius 3 is 1.41 bits per heavy atom. The first-order valence-electron chi connectivity index (χ1n) is 19.7. The predicted octanol–water partition coefficient (Wildman–Crippen LogP) is 14.8. The predicted molar refractivity (Wildman–Crippen MR) is 195 cm³/mol. The molecule has 0 amide bonds. The summed E-state index contributed by atoms with van der Waals surface area (Å²) in [5.41, 5.74) is 0.514. The molecule has 56 heavy (non-hydrogen) atoms. The molecule has 0 spiro atoms. The number of rotatable bonds is 7. The third kappa shape index (κ3) is 9.91. The van der Waals surface area contributed by atoms with Crippen LogP contribution in [-0.4, -0.2) is 0 Å². The van der Waals surface area contributed by atoms with Crippen LogP contribution in [0.25, 0.3) is 11.1 Å². The van der Waals surface area contributed by atoms with E-state index in [4.69, 9.17) is 0 Å². The van der Waals surface area contributed by atoms with E-state index in [2.05, 4.69) is 11.7 Å². The molecule has 4 aromatic rings. The zero-order valence-corrected chi connectivity index (χ0v) is 31.2. The van der Waals surface area contributed by atoms with Crippen LogP contribution in [0.3, 0.4) is 0 Å². The summed E-state index contributed by atoms with van der Waals surface area (Å²) in [6.07, 6.45) is 11.9. The Kier molecular flexibility index (Phi) is 13.4. The molecule has 3 saturated carbocycles. The second-order valence-corrected chi connectivity index (χ2v) is 15.9. The highest BCUT2D eigenvalue weighted by Crippen LogP contribution is 2.44. The van der Waals surface area contributed by atoms with Crippen LogP contribution < -0.4 is 4.74 Å². The van der Waals surface area contributed by atoms with Gasteiger partial charge in [-0.15, -0.1) is 0 Å². The SMILES string of the molecule is CC1CCC(C2CCC(c3cc(F)c(F)c(F)c3)CC2)CC1.Fc1cc(OC(F)(F)c2c(F)cc(-c3ccc(C4CCCCCC4)cc3)cc2F)cc(F)c1F. The molecule has 3 aliphatic carbocycles. The van der Waals surface area contributed by atoms with E-state index < -0.39 is 64.0 Å². The van der Waals surface area contributed by atoms with Crippen molar-refractivity contribution in [2.45, 2.75) is 115 Å². The second kappa shape index (κ2) is 18.1. The van der Waals surface area contributed by atoms with Gasteiger partial charge in [0.2, 0.25) is 0 Å². The van der Waals surface area contributed by atoms with Crippen molar-refractivity contribution in [2.75, 3.05) is 0 Å². The Balaban J connectivity index is 0.000000208. The fraction of sp³-hybridized carbons (Fsp3) is 0.467. The van der Waals surface area contributed by atoms with Crippen molar-refractivity contribution in [1.82, 2.24) is 0 Å². The Morgan fingerprint density at radius 2 is 0.911 bits per heavy atom. The number of hydrogen-bond donors (Lipinski definition) is 0. The molecule has 4 aromatic carbocycles. The van der Waals surface area contributed by atoms with Crippen LogP contribution in [0.2, 0.25) is 0 Å². The summed E-state index contributed by atoms with van der Waals surface area (Å²) in [5.74, 6) is -10.1. The molecule has 0 atom stereocenters. The maximum absolute atomic E-state index is 14.6. The van der Waals surface area contributed by atoms with Gasteiger partial charge < -0.3 is 4.74 Å². The van der Waals surface area contributed by atoms with Gasteiger partial charge in [-0.1, -0.05) is 69.7 Å². The maximum atomic E-state index is 14.6. The minimum atomic E-state index is -4.62. The van der Waals surface area contributed by atoms with E-state index in [0.29, 0.717) is 17.0 Å². The van der Waals surface area contributed by atoms with Crippen molar-refractivity contribution in [3.63, 3.8) is 0 Å². The van der Waals surface area contributed by atoms with Gasteiger partial charge in [-0.05, 0) is 127 Å². The summed E-state index contributed by atoms with van der Waals surface area (Å²) in [6.45, 7) is 2.34. The third-order valence-electron chi connectivity index (χ3n) is 12.1. The average molecular weight is 793 g/mol. The van der Waals surface area contributed by atoms with Crippen LogP contribution in [0.5, 0.6) is 5.75 Å². The lowest BCUT2D eigenvalue weighted by molar-refractivity contribution is -0.189. The van der Waals surface area contributed by atoms with Gasteiger partial charge in [0.25, 0.3) is 0 Å². The molecule has 0 saturated heterocycles.